The number of rotatable bonds is 3. The maximum absolute atomic E-state index is 13.0. The van der Waals surface area contributed by atoms with Crippen LogP contribution in [-0.4, -0.2) is 70.0 Å². The molecule has 2 saturated heterocycles. The summed E-state index contributed by atoms with van der Waals surface area (Å²) in [5.74, 6) is 1.39. The average molecular weight is 367 g/mol. The minimum atomic E-state index is -0.0209. The first-order valence-corrected chi connectivity index (χ1v) is 9.62. The van der Waals surface area contributed by atoms with Gasteiger partial charge in [-0.1, -0.05) is 0 Å². The summed E-state index contributed by atoms with van der Waals surface area (Å²) in [6.07, 6.45) is 7.05. The quantitative estimate of drug-likeness (QED) is 0.814. The number of aryl methyl sites for hydroxylation is 1. The van der Waals surface area contributed by atoms with Crippen molar-refractivity contribution in [1.82, 2.24) is 24.8 Å². The topological polar surface area (TPSA) is 78.4 Å². The molecule has 4 heterocycles. The number of carbonyl (C=O) groups excluding carboxylic acids is 1. The molecule has 1 amide bonds. The van der Waals surface area contributed by atoms with Crippen LogP contribution in [0.2, 0.25) is 0 Å². The Hall–Kier alpha value is -2.77. The van der Waals surface area contributed by atoms with Crippen LogP contribution in [0.3, 0.4) is 0 Å². The molecular weight excluding hydrogens is 342 g/mol. The predicted octanol–water partition coefficient (Wildman–Crippen LogP) is 1.53. The van der Waals surface area contributed by atoms with Crippen LogP contribution in [-0.2, 0) is 0 Å². The molecule has 4 rings (SSSR count). The van der Waals surface area contributed by atoms with E-state index >= 15 is 0 Å². The first-order valence-electron chi connectivity index (χ1n) is 9.62. The maximum Gasteiger partial charge on any atom is 0.272 e. The number of hydrogen-bond acceptors (Lipinski definition) is 7. The van der Waals surface area contributed by atoms with Crippen LogP contribution < -0.4 is 9.80 Å². The minimum absolute atomic E-state index is 0.0209. The van der Waals surface area contributed by atoms with Crippen molar-refractivity contribution >= 4 is 17.8 Å². The third-order valence-corrected chi connectivity index (χ3v) is 5.10. The predicted molar refractivity (Wildman–Crippen MR) is 103 cm³/mol. The maximum atomic E-state index is 13.0. The second-order valence-electron chi connectivity index (χ2n) is 7.07. The fourth-order valence-electron chi connectivity index (χ4n) is 3.62. The average Bonchev–Trinajstić information content (AvgIpc) is 2.74. The number of anilines is 2. The first kappa shape index (κ1) is 17.6. The van der Waals surface area contributed by atoms with Crippen molar-refractivity contribution in [3.8, 4) is 0 Å². The van der Waals surface area contributed by atoms with Crippen LogP contribution in [0.25, 0.3) is 0 Å². The summed E-state index contributed by atoms with van der Waals surface area (Å²) < 4.78 is 0. The van der Waals surface area contributed by atoms with E-state index in [2.05, 4.69) is 29.7 Å². The van der Waals surface area contributed by atoms with Gasteiger partial charge in [-0.2, -0.15) is 0 Å². The molecule has 2 fully saturated rings. The Morgan fingerprint density at radius 1 is 0.852 bits per heavy atom. The highest BCUT2D eigenvalue weighted by molar-refractivity contribution is 5.92. The van der Waals surface area contributed by atoms with Crippen LogP contribution >= 0.6 is 0 Å². The Kier molecular flexibility index (Phi) is 5.13. The molecule has 0 N–H and O–H groups in total. The van der Waals surface area contributed by atoms with Crippen molar-refractivity contribution < 1.29 is 4.79 Å². The Labute approximate surface area is 159 Å². The highest BCUT2D eigenvalue weighted by atomic mass is 16.2. The van der Waals surface area contributed by atoms with Gasteiger partial charge in [0.15, 0.2) is 0 Å². The van der Waals surface area contributed by atoms with Gasteiger partial charge in [0.2, 0.25) is 11.9 Å². The molecular formula is C19H25N7O. The lowest BCUT2D eigenvalue weighted by atomic mass is 10.1. The highest BCUT2D eigenvalue weighted by Crippen LogP contribution is 2.18. The number of piperazine rings is 1. The molecule has 27 heavy (non-hydrogen) atoms. The van der Waals surface area contributed by atoms with Crippen molar-refractivity contribution in [2.45, 2.75) is 26.2 Å². The molecule has 2 aromatic rings. The highest BCUT2D eigenvalue weighted by Gasteiger charge is 2.25. The summed E-state index contributed by atoms with van der Waals surface area (Å²) in [4.78, 5) is 36.9. The van der Waals surface area contributed by atoms with E-state index in [9.17, 15) is 4.79 Å². The van der Waals surface area contributed by atoms with Gasteiger partial charge < -0.3 is 14.7 Å². The number of piperidine rings is 1. The van der Waals surface area contributed by atoms with Gasteiger partial charge in [0.05, 0.1) is 0 Å². The van der Waals surface area contributed by atoms with Crippen LogP contribution in [0.5, 0.6) is 0 Å². The fourth-order valence-corrected chi connectivity index (χ4v) is 3.62. The summed E-state index contributed by atoms with van der Waals surface area (Å²) >= 11 is 0. The SMILES string of the molecule is Cc1cc(C(=O)N2CCN(c3ncccn3)CC2)nc(N2CCCCC2)n1. The zero-order valence-corrected chi connectivity index (χ0v) is 15.7. The Balaban J connectivity index is 1.44. The molecule has 142 valence electrons. The zero-order chi connectivity index (χ0) is 18.6. The van der Waals surface area contributed by atoms with Crippen molar-refractivity contribution in [2.75, 3.05) is 49.1 Å². The van der Waals surface area contributed by atoms with Crippen molar-refractivity contribution in [3.05, 3.63) is 35.9 Å². The van der Waals surface area contributed by atoms with Gasteiger partial charge >= 0.3 is 0 Å². The van der Waals surface area contributed by atoms with E-state index in [0.29, 0.717) is 24.7 Å². The zero-order valence-electron chi connectivity index (χ0n) is 15.7. The number of aromatic nitrogens is 4. The third-order valence-electron chi connectivity index (χ3n) is 5.10. The minimum Gasteiger partial charge on any atom is -0.341 e. The Morgan fingerprint density at radius 2 is 1.52 bits per heavy atom. The van der Waals surface area contributed by atoms with Gasteiger partial charge in [-0.15, -0.1) is 0 Å². The second kappa shape index (κ2) is 7.85. The molecule has 0 aliphatic carbocycles. The van der Waals surface area contributed by atoms with Crippen molar-refractivity contribution in [1.29, 1.82) is 0 Å². The van der Waals surface area contributed by atoms with Gasteiger partial charge in [-0.3, -0.25) is 4.79 Å². The van der Waals surface area contributed by atoms with E-state index in [0.717, 1.165) is 50.7 Å². The van der Waals surface area contributed by atoms with Crippen LogP contribution in [0.1, 0.15) is 35.4 Å². The van der Waals surface area contributed by atoms with Gasteiger partial charge in [0.25, 0.3) is 5.91 Å². The number of hydrogen-bond donors (Lipinski definition) is 0. The summed E-state index contributed by atoms with van der Waals surface area (Å²) in [5.41, 5.74) is 1.33. The molecule has 0 radical (unpaired) electrons. The molecule has 0 atom stereocenters. The molecule has 2 aromatic heterocycles. The standard InChI is InChI=1S/C19H25N7O/c1-15-14-16(23-19(22-15)25-8-3-2-4-9-25)17(27)24-10-12-26(13-11-24)18-20-6-5-7-21-18/h5-7,14H,2-4,8-13H2,1H3. The lowest BCUT2D eigenvalue weighted by Gasteiger charge is -2.34. The van der Waals surface area contributed by atoms with Gasteiger partial charge in [0, 0.05) is 57.4 Å². The van der Waals surface area contributed by atoms with E-state index < -0.39 is 0 Å². The van der Waals surface area contributed by atoms with Gasteiger partial charge in [-0.05, 0) is 38.3 Å². The smallest absolute Gasteiger partial charge is 0.272 e. The number of amides is 1. The van der Waals surface area contributed by atoms with E-state index in [1.807, 2.05) is 11.8 Å². The molecule has 0 unspecified atom stereocenters. The van der Waals surface area contributed by atoms with E-state index in [4.69, 9.17) is 0 Å². The van der Waals surface area contributed by atoms with Gasteiger partial charge in [-0.25, -0.2) is 19.9 Å². The van der Waals surface area contributed by atoms with Crippen molar-refractivity contribution in [3.63, 3.8) is 0 Å². The number of nitrogens with zero attached hydrogens (tertiary/aromatic N) is 7. The van der Waals surface area contributed by atoms with E-state index in [1.165, 1.54) is 6.42 Å². The Bertz CT molecular complexity index is 784. The summed E-state index contributed by atoms with van der Waals surface area (Å²) in [7, 11) is 0. The molecule has 8 heteroatoms. The lowest BCUT2D eigenvalue weighted by Crippen LogP contribution is -2.49. The summed E-state index contributed by atoms with van der Waals surface area (Å²) in [6.45, 7) is 6.58. The van der Waals surface area contributed by atoms with E-state index in [1.54, 1.807) is 24.5 Å². The molecule has 8 nitrogen and oxygen atoms in total. The monoisotopic (exact) mass is 367 g/mol. The molecule has 2 aliphatic heterocycles. The third kappa shape index (κ3) is 3.99. The largest absolute Gasteiger partial charge is 0.341 e. The molecule has 0 saturated carbocycles. The summed E-state index contributed by atoms with van der Waals surface area (Å²) in [6, 6.07) is 3.60. The first-order chi connectivity index (χ1) is 13.2. The van der Waals surface area contributed by atoms with Crippen LogP contribution in [0.15, 0.2) is 24.5 Å². The molecule has 0 spiro atoms. The molecule has 0 aromatic carbocycles. The molecule has 2 aliphatic rings. The summed E-state index contributed by atoms with van der Waals surface area (Å²) in [5, 5.41) is 0. The van der Waals surface area contributed by atoms with Crippen LogP contribution in [0.4, 0.5) is 11.9 Å². The molecule has 0 bridgehead atoms. The van der Waals surface area contributed by atoms with Crippen molar-refractivity contribution in [2.24, 2.45) is 0 Å². The van der Waals surface area contributed by atoms with E-state index in [-0.39, 0.29) is 5.91 Å². The second-order valence-corrected chi connectivity index (χ2v) is 7.07. The fraction of sp³-hybridized carbons (Fsp3) is 0.526. The number of carbonyl (C=O) groups is 1. The van der Waals surface area contributed by atoms with Crippen LogP contribution in [0, 0.1) is 6.92 Å². The lowest BCUT2D eigenvalue weighted by molar-refractivity contribution is 0.0740. The normalized spacial score (nSPS) is 17.9. The van der Waals surface area contributed by atoms with Gasteiger partial charge in [0.1, 0.15) is 5.69 Å². The Morgan fingerprint density at radius 3 is 2.22 bits per heavy atom.